The third-order valence-electron chi connectivity index (χ3n) is 4.70. The Hall–Kier alpha value is -2.26. The number of thiophene rings is 1. The number of hydrogen-bond donors (Lipinski definition) is 1. The maximum atomic E-state index is 13.6. The topological polar surface area (TPSA) is 59.3 Å². The summed E-state index contributed by atoms with van der Waals surface area (Å²) in [6.07, 6.45) is 2.52. The number of fused-ring (bicyclic) bond motifs is 1. The van der Waals surface area contributed by atoms with Crippen LogP contribution in [0.2, 0.25) is 5.02 Å². The van der Waals surface area contributed by atoms with Gasteiger partial charge in [0.05, 0.1) is 10.9 Å². The van der Waals surface area contributed by atoms with E-state index in [1.165, 1.54) is 32.0 Å². The van der Waals surface area contributed by atoms with Gasteiger partial charge in [-0.2, -0.15) is 8.42 Å². The number of aromatic nitrogens is 1. The second kappa shape index (κ2) is 8.11. The highest BCUT2D eigenvalue weighted by Crippen LogP contribution is 2.35. The summed E-state index contributed by atoms with van der Waals surface area (Å²) in [6.45, 7) is 0. The highest BCUT2D eigenvalue weighted by molar-refractivity contribution is 7.92. The van der Waals surface area contributed by atoms with Gasteiger partial charge in [-0.1, -0.05) is 23.7 Å². The second-order valence-electron chi connectivity index (χ2n) is 6.81. The van der Waals surface area contributed by atoms with Crippen LogP contribution in [0.4, 0.5) is 4.39 Å². The molecule has 2 aromatic carbocycles. The van der Waals surface area contributed by atoms with E-state index in [9.17, 15) is 17.9 Å². The highest BCUT2D eigenvalue weighted by Gasteiger charge is 2.23. The lowest BCUT2D eigenvalue weighted by atomic mass is 10.1. The minimum absolute atomic E-state index is 0.159. The maximum absolute atomic E-state index is 13.6. The number of aliphatic hydroxyl groups is 1. The fraction of sp³-hybridized carbons (Fsp3) is 0.0952. The van der Waals surface area contributed by atoms with E-state index in [1.807, 2.05) is 0 Å². The largest absolute Gasteiger partial charge is 0.519 e. The van der Waals surface area contributed by atoms with Gasteiger partial charge in [0.2, 0.25) is 0 Å². The molecule has 0 saturated carbocycles. The zero-order valence-electron chi connectivity index (χ0n) is 15.7. The standard InChI is InChI=1S/C21H17ClFNO3S2Si/c22-15-5-6-18-17(11-15)14(4-8-20(25)30)12-24(18)29(26,27)21-9-7-19(28-21)13-2-1-3-16(23)10-13/h1-3,5-7,9-12,25H,4,8,30H2. The number of hydrogen-bond acceptors (Lipinski definition) is 4. The fourth-order valence-electron chi connectivity index (χ4n) is 3.27. The van der Waals surface area contributed by atoms with Gasteiger partial charge >= 0.3 is 0 Å². The van der Waals surface area contributed by atoms with Crippen LogP contribution in [0, 0.1) is 5.82 Å². The smallest absolute Gasteiger partial charge is 0.277 e. The van der Waals surface area contributed by atoms with Crippen LogP contribution in [0.5, 0.6) is 0 Å². The van der Waals surface area contributed by atoms with Gasteiger partial charge in [-0.15, -0.1) is 11.3 Å². The van der Waals surface area contributed by atoms with Gasteiger partial charge in [-0.05, 0) is 60.0 Å². The molecular weight excluding hydrogens is 461 g/mol. The quantitative estimate of drug-likeness (QED) is 0.417. The van der Waals surface area contributed by atoms with Crippen LogP contribution in [0.15, 0.2) is 65.0 Å². The van der Waals surface area contributed by atoms with Crippen molar-refractivity contribution in [1.82, 2.24) is 3.97 Å². The van der Waals surface area contributed by atoms with Crippen molar-refractivity contribution in [2.45, 2.75) is 17.1 Å². The van der Waals surface area contributed by atoms with Gasteiger partial charge < -0.3 is 5.11 Å². The molecule has 1 N–H and O–H groups in total. The van der Waals surface area contributed by atoms with Crippen LogP contribution < -0.4 is 0 Å². The number of aryl methyl sites for hydroxylation is 1. The molecule has 9 heteroatoms. The summed E-state index contributed by atoms with van der Waals surface area (Å²) in [7, 11) is -2.46. The zero-order chi connectivity index (χ0) is 21.5. The fourth-order valence-corrected chi connectivity index (χ4v) is 6.40. The number of benzene rings is 2. The Balaban J connectivity index is 1.80. The first-order valence-electron chi connectivity index (χ1n) is 9.03. The lowest BCUT2D eigenvalue weighted by Crippen LogP contribution is -2.10. The molecule has 4 rings (SSSR count). The molecule has 0 atom stereocenters. The van der Waals surface area contributed by atoms with Crippen molar-refractivity contribution in [1.29, 1.82) is 0 Å². The van der Waals surface area contributed by atoms with Gasteiger partial charge in [-0.3, -0.25) is 0 Å². The first-order valence-corrected chi connectivity index (χ1v) is 12.4. The minimum atomic E-state index is -3.86. The molecular formula is C21H17ClFNO3S2Si. The lowest BCUT2D eigenvalue weighted by molar-refractivity contribution is 0.546. The molecule has 0 unspecified atom stereocenters. The van der Waals surface area contributed by atoms with Crippen LogP contribution in [0.25, 0.3) is 21.3 Å². The van der Waals surface area contributed by atoms with Crippen LogP contribution in [-0.4, -0.2) is 32.7 Å². The van der Waals surface area contributed by atoms with Crippen molar-refractivity contribution in [3.05, 3.63) is 77.2 Å². The monoisotopic (exact) mass is 477 g/mol. The molecule has 0 spiro atoms. The molecule has 2 aromatic heterocycles. The van der Waals surface area contributed by atoms with Crippen molar-refractivity contribution < 1.29 is 17.9 Å². The van der Waals surface area contributed by atoms with E-state index in [-0.39, 0.29) is 10.0 Å². The predicted octanol–water partition coefficient (Wildman–Crippen LogP) is 4.47. The number of nitrogens with zero attached hydrogens (tertiary/aromatic N) is 1. The summed E-state index contributed by atoms with van der Waals surface area (Å²) < 4.78 is 41.8. The number of rotatable bonds is 6. The molecule has 4 nitrogen and oxygen atoms in total. The average Bonchev–Trinajstić information content (AvgIpc) is 3.32. The van der Waals surface area contributed by atoms with E-state index in [0.29, 0.717) is 39.2 Å². The van der Waals surface area contributed by atoms with E-state index in [1.54, 1.807) is 42.6 Å². The Labute approximate surface area is 185 Å². The van der Waals surface area contributed by atoms with Crippen molar-refractivity contribution >= 4 is 59.1 Å². The summed E-state index contributed by atoms with van der Waals surface area (Å²) in [5, 5.41) is 11.1. The summed E-state index contributed by atoms with van der Waals surface area (Å²) in [4.78, 5) is 0.666. The van der Waals surface area contributed by atoms with E-state index in [4.69, 9.17) is 11.6 Å². The Morgan fingerprint density at radius 2 is 1.97 bits per heavy atom. The molecule has 154 valence electrons. The van der Waals surface area contributed by atoms with Crippen molar-refractivity contribution in [3.63, 3.8) is 0 Å². The van der Waals surface area contributed by atoms with Gasteiger partial charge in [0.15, 0.2) is 0 Å². The summed E-state index contributed by atoms with van der Waals surface area (Å²) in [5.41, 5.74) is 1.94. The molecule has 0 radical (unpaired) electrons. The van der Waals surface area contributed by atoms with Crippen LogP contribution >= 0.6 is 22.9 Å². The average molecular weight is 478 g/mol. The van der Waals surface area contributed by atoms with E-state index in [0.717, 1.165) is 22.3 Å². The van der Waals surface area contributed by atoms with Gasteiger partial charge in [0, 0.05) is 37.8 Å². The van der Waals surface area contributed by atoms with Crippen molar-refractivity contribution in [2.75, 3.05) is 0 Å². The molecule has 0 saturated heterocycles. The molecule has 0 aliphatic rings. The number of halogens is 2. The SMILES string of the molecule is O=S(=O)(c1ccc(-c2cccc(F)c2)s1)n1cc(CCC(O)=[SiH2])c2cc(Cl)ccc21. The predicted molar refractivity (Wildman–Crippen MR) is 123 cm³/mol. The zero-order valence-corrected chi connectivity index (χ0v) is 19.5. The molecule has 4 aromatic rings. The molecule has 2 heterocycles. The highest BCUT2D eigenvalue weighted by atomic mass is 35.5. The van der Waals surface area contributed by atoms with Gasteiger partial charge in [-0.25, -0.2) is 8.36 Å². The first-order chi connectivity index (χ1) is 14.3. The Bertz CT molecular complexity index is 1380. The van der Waals surface area contributed by atoms with E-state index >= 15 is 0 Å². The molecule has 0 bridgehead atoms. The van der Waals surface area contributed by atoms with Crippen molar-refractivity contribution in [2.24, 2.45) is 0 Å². The van der Waals surface area contributed by atoms with Crippen LogP contribution in [-0.2, 0) is 16.4 Å². The van der Waals surface area contributed by atoms with Crippen molar-refractivity contribution in [3.8, 4) is 10.4 Å². The molecule has 0 fully saturated rings. The summed E-state index contributed by atoms with van der Waals surface area (Å²) >= 11 is 7.23. The molecule has 0 amide bonds. The summed E-state index contributed by atoms with van der Waals surface area (Å²) in [5.74, 6) is -0.375. The molecule has 0 aliphatic carbocycles. The van der Waals surface area contributed by atoms with Gasteiger partial charge in [0.1, 0.15) is 10.0 Å². The number of aliphatic hydroxyl groups excluding tert-OH is 1. The van der Waals surface area contributed by atoms with Gasteiger partial charge in [0.25, 0.3) is 10.0 Å². The third kappa shape index (κ3) is 4.00. The van der Waals surface area contributed by atoms with E-state index in [2.05, 4.69) is 0 Å². The normalized spacial score (nSPS) is 11.8. The molecule has 30 heavy (non-hydrogen) atoms. The minimum Gasteiger partial charge on any atom is -0.519 e. The Morgan fingerprint density at radius 3 is 2.70 bits per heavy atom. The van der Waals surface area contributed by atoms with E-state index < -0.39 is 10.0 Å². The first kappa shape index (κ1) is 21.0. The van der Waals surface area contributed by atoms with Crippen LogP contribution in [0.1, 0.15) is 12.0 Å². The third-order valence-corrected chi connectivity index (χ3v) is 8.57. The lowest BCUT2D eigenvalue weighted by Gasteiger charge is -2.05. The summed E-state index contributed by atoms with van der Waals surface area (Å²) in [6, 6.07) is 14.3. The Kier molecular flexibility index (Phi) is 5.67. The maximum Gasteiger partial charge on any atom is 0.277 e. The van der Waals surface area contributed by atoms with Crippen LogP contribution in [0.3, 0.4) is 0 Å². The Morgan fingerprint density at radius 1 is 1.17 bits per heavy atom. The molecule has 0 aliphatic heterocycles. The second-order valence-corrected chi connectivity index (χ2v) is 11.2.